The molecule has 1 fully saturated rings. The van der Waals surface area contributed by atoms with E-state index in [1.54, 1.807) is 21.9 Å². The van der Waals surface area contributed by atoms with Gasteiger partial charge in [0.1, 0.15) is 5.82 Å². The molecule has 2 aromatic rings. The van der Waals surface area contributed by atoms with Gasteiger partial charge in [-0.1, -0.05) is 37.3 Å². The highest BCUT2D eigenvalue weighted by Gasteiger charge is 2.58. The summed E-state index contributed by atoms with van der Waals surface area (Å²) in [4.78, 5) is 28.5. The zero-order valence-corrected chi connectivity index (χ0v) is 15.3. The predicted octanol–water partition coefficient (Wildman–Crippen LogP) is 3.51. The summed E-state index contributed by atoms with van der Waals surface area (Å²) in [5.41, 5.74) is 2.55. The van der Waals surface area contributed by atoms with Crippen LogP contribution in [-0.4, -0.2) is 29.0 Å². The van der Waals surface area contributed by atoms with Crippen molar-refractivity contribution in [3.63, 3.8) is 0 Å². The molecule has 26 heavy (non-hydrogen) atoms. The third kappa shape index (κ3) is 2.43. The zero-order valence-electron chi connectivity index (χ0n) is 14.4. The lowest BCUT2D eigenvalue weighted by atomic mass is 10.1. The Kier molecular flexibility index (Phi) is 4.23. The molecule has 2 aromatic carbocycles. The Morgan fingerprint density at radius 3 is 2.65 bits per heavy atom. The van der Waals surface area contributed by atoms with Crippen LogP contribution in [0.15, 0.2) is 48.5 Å². The molecule has 0 aliphatic carbocycles. The van der Waals surface area contributed by atoms with Gasteiger partial charge in [-0.25, -0.2) is 4.39 Å². The number of fused-ring (bicyclic) bond motifs is 2. The minimum Gasteiger partial charge on any atom is -0.315 e. The van der Waals surface area contributed by atoms with Gasteiger partial charge in [0.25, 0.3) is 5.91 Å². The number of amides is 2. The van der Waals surface area contributed by atoms with Crippen LogP contribution >= 0.6 is 11.8 Å². The molecule has 0 N–H and O–H groups in total. The van der Waals surface area contributed by atoms with Crippen LogP contribution in [0.25, 0.3) is 0 Å². The number of para-hydroxylation sites is 1. The lowest BCUT2D eigenvalue weighted by molar-refractivity contribution is -0.139. The summed E-state index contributed by atoms with van der Waals surface area (Å²) in [5, 5.41) is 0. The minimum absolute atomic E-state index is 0.0122. The van der Waals surface area contributed by atoms with Crippen LogP contribution in [0, 0.1) is 5.82 Å². The number of thioether (sulfide) groups is 1. The lowest BCUT2D eigenvalue weighted by Crippen LogP contribution is -2.50. The molecule has 0 radical (unpaired) electrons. The summed E-state index contributed by atoms with van der Waals surface area (Å²) in [7, 11) is 0. The normalized spacial score (nSPS) is 21.5. The molecule has 1 atom stereocenters. The van der Waals surface area contributed by atoms with Crippen molar-refractivity contribution in [1.29, 1.82) is 0 Å². The zero-order chi connectivity index (χ0) is 18.3. The Labute approximate surface area is 156 Å². The van der Waals surface area contributed by atoms with E-state index in [4.69, 9.17) is 0 Å². The van der Waals surface area contributed by atoms with Gasteiger partial charge < -0.3 is 9.80 Å². The van der Waals surface area contributed by atoms with Crippen LogP contribution in [0.1, 0.15) is 24.5 Å². The first kappa shape index (κ1) is 17.1. The van der Waals surface area contributed by atoms with Crippen molar-refractivity contribution in [2.45, 2.75) is 24.8 Å². The topological polar surface area (TPSA) is 40.6 Å². The number of anilines is 1. The monoisotopic (exact) mass is 370 g/mol. The third-order valence-electron chi connectivity index (χ3n) is 4.96. The van der Waals surface area contributed by atoms with Gasteiger partial charge in [-0.2, -0.15) is 0 Å². The number of rotatable bonds is 3. The number of carbonyl (C=O) groups is 2. The Morgan fingerprint density at radius 2 is 1.92 bits per heavy atom. The second kappa shape index (κ2) is 6.43. The smallest absolute Gasteiger partial charge is 0.268 e. The molecular weight excluding hydrogens is 351 g/mol. The molecule has 0 bridgehead atoms. The Balaban J connectivity index is 1.78. The fourth-order valence-corrected chi connectivity index (χ4v) is 5.22. The van der Waals surface area contributed by atoms with Gasteiger partial charge in [-0.05, 0) is 23.8 Å². The molecule has 134 valence electrons. The molecule has 2 heterocycles. The lowest BCUT2D eigenvalue weighted by Gasteiger charge is -2.33. The van der Waals surface area contributed by atoms with Gasteiger partial charge in [0.05, 0.1) is 12.2 Å². The summed E-state index contributed by atoms with van der Waals surface area (Å²) in [5.74, 6) is 0.328. The van der Waals surface area contributed by atoms with Gasteiger partial charge >= 0.3 is 0 Å². The van der Waals surface area contributed by atoms with Crippen molar-refractivity contribution >= 4 is 29.3 Å². The largest absolute Gasteiger partial charge is 0.315 e. The molecule has 2 aliphatic heterocycles. The maximum absolute atomic E-state index is 13.5. The van der Waals surface area contributed by atoms with E-state index in [-0.39, 0.29) is 17.6 Å². The highest BCUT2D eigenvalue weighted by atomic mass is 32.2. The first-order valence-electron chi connectivity index (χ1n) is 8.68. The summed E-state index contributed by atoms with van der Waals surface area (Å²) >= 11 is 1.53. The highest BCUT2D eigenvalue weighted by Crippen LogP contribution is 2.54. The van der Waals surface area contributed by atoms with Gasteiger partial charge in [0, 0.05) is 24.3 Å². The SMILES string of the molecule is CCC(=O)N1CCS[C@]12C(=O)N(Cc1ccc(F)cc1)c1ccccc12. The first-order chi connectivity index (χ1) is 12.6. The molecule has 4 nitrogen and oxygen atoms in total. The van der Waals surface area contributed by atoms with Crippen LogP contribution in [0.3, 0.4) is 0 Å². The van der Waals surface area contributed by atoms with Crippen molar-refractivity contribution in [3.05, 3.63) is 65.5 Å². The number of nitrogens with zero attached hydrogens (tertiary/aromatic N) is 2. The Hall–Kier alpha value is -2.34. The second-order valence-corrected chi connectivity index (χ2v) is 7.71. The summed E-state index contributed by atoms with van der Waals surface area (Å²) in [6.07, 6.45) is 0.371. The summed E-state index contributed by atoms with van der Waals surface area (Å²) in [6, 6.07) is 13.8. The number of benzene rings is 2. The summed E-state index contributed by atoms with van der Waals surface area (Å²) in [6.45, 7) is 2.75. The highest BCUT2D eigenvalue weighted by molar-refractivity contribution is 8.01. The average Bonchev–Trinajstić information content (AvgIpc) is 3.20. The van der Waals surface area contributed by atoms with Crippen LogP contribution in [-0.2, 0) is 21.0 Å². The van der Waals surface area contributed by atoms with Crippen molar-refractivity contribution < 1.29 is 14.0 Å². The Morgan fingerprint density at radius 1 is 1.19 bits per heavy atom. The first-order valence-corrected chi connectivity index (χ1v) is 9.67. The van der Waals surface area contributed by atoms with E-state index in [2.05, 4.69) is 0 Å². The fraction of sp³-hybridized carbons (Fsp3) is 0.300. The average molecular weight is 370 g/mol. The van der Waals surface area contributed by atoms with Crippen molar-refractivity contribution in [3.8, 4) is 0 Å². The quantitative estimate of drug-likeness (QED) is 0.830. The molecule has 1 spiro atoms. The summed E-state index contributed by atoms with van der Waals surface area (Å²) < 4.78 is 13.2. The van der Waals surface area contributed by atoms with E-state index in [1.807, 2.05) is 31.2 Å². The van der Waals surface area contributed by atoms with Gasteiger partial charge in [-0.15, -0.1) is 11.8 Å². The second-order valence-electron chi connectivity index (χ2n) is 6.43. The third-order valence-corrected chi connectivity index (χ3v) is 6.38. The van der Waals surface area contributed by atoms with Gasteiger partial charge in [-0.3, -0.25) is 9.59 Å². The maximum Gasteiger partial charge on any atom is 0.268 e. The number of halogens is 1. The van der Waals surface area contributed by atoms with Crippen molar-refractivity contribution in [2.75, 3.05) is 17.2 Å². The molecule has 2 aliphatic rings. The molecule has 0 saturated carbocycles. The van der Waals surface area contributed by atoms with E-state index < -0.39 is 4.87 Å². The number of hydrogen-bond donors (Lipinski definition) is 0. The molecule has 6 heteroatoms. The van der Waals surface area contributed by atoms with Gasteiger partial charge in [0.15, 0.2) is 4.87 Å². The standard InChI is InChI=1S/C20H19FN2O2S/c1-2-18(24)23-11-12-26-20(23)16-5-3-4-6-17(16)22(19(20)25)13-14-7-9-15(21)10-8-14/h3-10H,2,11-13H2,1H3/t20-/m1/s1. The van der Waals surface area contributed by atoms with E-state index in [0.717, 1.165) is 22.6 Å². The maximum atomic E-state index is 13.5. The van der Waals surface area contributed by atoms with Crippen LogP contribution in [0.5, 0.6) is 0 Å². The molecule has 4 rings (SSSR count). The van der Waals surface area contributed by atoms with E-state index in [1.165, 1.54) is 23.9 Å². The molecule has 2 amide bonds. The van der Waals surface area contributed by atoms with E-state index in [0.29, 0.717) is 19.5 Å². The van der Waals surface area contributed by atoms with Crippen LogP contribution in [0.4, 0.5) is 10.1 Å². The molecule has 0 aromatic heterocycles. The van der Waals surface area contributed by atoms with Gasteiger partial charge in [0.2, 0.25) is 5.91 Å². The molecular formula is C20H19FN2O2S. The number of carbonyl (C=O) groups excluding carboxylic acids is 2. The van der Waals surface area contributed by atoms with E-state index >= 15 is 0 Å². The fourth-order valence-electron chi connectivity index (χ4n) is 3.74. The van der Waals surface area contributed by atoms with Crippen LogP contribution in [0.2, 0.25) is 0 Å². The molecule has 1 saturated heterocycles. The minimum atomic E-state index is -0.969. The van der Waals surface area contributed by atoms with E-state index in [9.17, 15) is 14.0 Å². The number of hydrogen-bond acceptors (Lipinski definition) is 3. The Bertz CT molecular complexity index is 870. The molecule has 0 unspecified atom stereocenters. The predicted molar refractivity (Wildman–Crippen MR) is 100 cm³/mol. The van der Waals surface area contributed by atoms with Crippen molar-refractivity contribution in [2.24, 2.45) is 0 Å². The van der Waals surface area contributed by atoms with Crippen LogP contribution < -0.4 is 4.90 Å². The van der Waals surface area contributed by atoms with Crippen molar-refractivity contribution in [1.82, 2.24) is 4.90 Å².